The van der Waals surface area contributed by atoms with Crippen molar-refractivity contribution in [2.24, 2.45) is 5.73 Å². The Morgan fingerprint density at radius 1 is 1.00 bits per heavy atom. The first-order chi connectivity index (χ1) is 14.3. The topological polar surface area (TPSA) is 92.6 Å². The third-order valence-electron chi connectivity index (χ3n) is 5.07. The third kappa shape index (κ3) is 3.58. The molecule has 0 radical (unpaired) electrons. The second-order valence-electron chi connectivity index (χ2n) is 7.18. The molecule has 1 unspecified atom stereocenters. The second-order valence-corrected chi connectivity index (χ2v) is 7.18. The molecule has 0 aliphatic carbocycles. The van der Waals surface area contributed by atoms with Crippen molar-refractivity contribution in [1.29, 1.82) is 0 Å². The number of nitrogens with zero attached hydrogens (tertiary/aromatic N) is 2. The van der Waals surface area contributed by atoms with E-state index in [9.17, 15) is 0 Å². The summed E-state index contributed by atoms with van der Waals surface area (Å²) < 4.78 is 5.94. The zero-order chi connectivity index (χ0) is 19.6. The molecule has 5 rings (SSSR count). The minimum absolute atomic E-state index is 0.115. The van der Waals surface area contributed by atoms with Crippen LogP contribution >= 0.6 is 0 Å². The molecule has 0 spiro atoms. The average Bonchev–Trinajstić information content (AvgIpc) is 3.39. The fourth-order valence-electron chi connectivity index (χ4n) is 3.60. The van der Waals surface area contributed by atoms with Crippen molar-refractivity contribution < 1.29 is 4.74 Å². The quantitative estimate of drug-likeness (QED) is 0.412. The van der Waals surface area contributed by atoms with E-state index in [0.29, 0.717) is 12.4 Å². The summed E-state index contributed by atoms with van der Waals surface area (Å²) in [6.45, 7) is 0.416. The summed E-state index contributed by atoms with van der Waals surface area (Å²) in [5, 5.41) is 2.27. The van der Waals surface area contributed by atoms with Crippen molar-refractivity contribution in [3.8, 4) is 16.9 Å². The molecule has 4 heterocycles. The van der Waals surface area contributed by atoms with Crippen molar-refractivity contribution >= 4 is 21.9 Å². The van der Waals surface area contributed by atoms with E-state index >= 15 is 0 Å². The summed E-state index contributed by atoms with van der Waals surface area (Å²) in [5.41, 5.74) is 11.5. The van der Waals surface area contributed by atoms with E-state index in [1.807, 2.05) is 49.1 Å². The predicted molar refractivity (Wildman–Crippen MR) is 115 cm³/mol. The Labute approximate surface area is 167 Å². The number of pyridine rings is 2. The van der Waals surface area contributed by atoms with Crippen molar-refractivity contribution in [2.45, 2.75) is 12.5 Å². The van der Waals surface area contributed by atoms with Gasteiger partial charge in [0.1, 0.15) is 18.0 Å². The van der Waals surface area contributed by atoms with Crippen LogP contribution < -0.4 is 10.5 Å². The number of benzene rings is 1. The van der Waals surface area contributed by atoms with E-state index in [2.05, 4.69) is 38.1 Å². The molecule has 4 aromatic heterocycles. The molecule has 6 nitrogen and oxygen atoms in total. The zero-order valence-electron chi connectivity index (χ0n) is 15.8. The molecular formula is C23H21N5O. The smallest absolute Gasteiger partial charge is 0.138 e. The number of fused-ring (bicyclic) bond motifs is 2. The van der Waals surface area contributed by atoms with Crippen LogP contribution in [0.4, 0.5) is 0 Å². The molecule has 0 saturated carbocycles. The molecule has 0 aliphatic heterocycles. The summed E-state index contributed by atoms with van der Waals surface area (Å²) in [6.07, 6.45) is 10.0. The van der Waals surface area contributed by atoms with Crippen LogP contribution in [0, 0.1) is 0 Å². The minimum Gasteiger partial charge on any atom is -0.490 e. The molecule has 0 bridgehead atoms. The Morgan fingerprint density at radius 3 is 2.86 bits per heavy atom. The maximum absolute atomic E-state index is 6.33. The Bertz CT molecular complexity index is 1270. The van der Waals surface area contributed by atoms with Crippen LogP contribution in [0.2, 0.25) is 0 Å². The van der Waals surface area contributed by atoms with Gasteiger partial charge in [-0.2, -0.15) is 0 Å². The number of para-hydroxylation sites is 1. The number of rotatable bonds is 6. The van der Waals surface area contributed by atoms with Crippen LogP contribution in [-0.2, 0) is 6.42 Å². The van der Waals surface area contributed by atoms with Gasteiger partial charge >= 0.3 is 0 Å². The van der Waals surface area contributed by atoms with Gasteiger partial charge in [-0.05, 0) is 36.2 Å². The van der Waals surface area contributed by atoms with Crippen LogP contribution in [0.3, 0.4) is 0 Å². The van der Waals surface area contributed by atoms with Crippen LogP contribution in [0.15, 0.2) is 73.4 Å². The van der Waals surface area contributed by atoms with E-state index in [1.54, 1.807) is 6.20 Å². The van der Waals surface area contributed by atoms with Crippen molar-refractivity contribution in [3.63, 3.8) is 0 Å². The summed E-state index contributed by atoms with van der Waals surface area (Å²) >= 11 is 0. The molecule has 0 saturated heterocycles. The van der Waals surface area contributed by atoms with Crippen LogP contribution in [0.1, 0.15) is 5.56 Å². The number of hydrogen-bond acceptors (Lipinski definition) is 4. The molecule has 0 aliphatic rings. The number of ether oxygens (including phenoxy) is 1. The van der Waals surface area contributed by atoms with Gasteiger partial charge in [0.2, 0.25) is 0 Å². The maximum Gasteiger partial charge on any atom is 0.138 e. The van der Waals surface area contributed by atoms with E-state index in [1.165, 1.54) is 10.9 Å². The first kappa shape index (κ1) is 17.5. The Morgan fingerprint density at radius 2 is 1.90 bits per heavy atom. The number of hydrogen-bond donors (Lipinski definition) is 3. The molecule has 1 aromatic carbocycles. The number of H-pyrrole nitrogens is 2. The van der Waals surface area contributed by atoms with Gasteiger partial charge in [-0.15, -0.1) is 0 Å². The van der Waals surface area contributed by atoms with Gasteiger partial charge in [0.15, 0.2) is 0 Å². The molecule has 29 heavy (non-hydrogen) atoms. The van der Waals surface area contributed by atoms with E-state index in [4.69, 9.17) is 10.5 Å². The average molecular weight is 383 g/mol. The van der Waals surface area contributed by atoms with E-state index < -0.39 is 0 Å². The molecule has 0 amide bonds. The summed E-state index contributed by atoms with van der Waals surface area (Å²) in [6, 6.07) is 14.2. The number of nitrogens with two attached hydrogens (primary N) is 1. The Balaban J connectivity index is 1.27. The molecule has 1 atom stereocenters. The lowest BCUT2D eigenvalue weighted by molar-refractivity contribution is 0.287. The monoisotopic (exact) mass is 383 g/mol. The lowest BCUT2D eigenvalue weighted by atomic mass is 10.1. The van der Waals surface area contributed by atoms with E-state index in [0.717, 1.165) is 34.1 Å². The van der Waals surface area contributed by atoms with Crippen molar-refractivity contribution in [1.82, 2.24) is 19.9 Å². The van der Waals surface area contributed by atoms with Crippen LogP contribution in [0.5, 0.6) is 5.75 Å². The minimum atomic E-state index is -0.115. The van der Waals surface area contributed by atoms with Crippen molar-refractivity contribution in [2.75, 3.05) is 6.61 Å². The van der Waals surface area contributed by atoms with Crippen LogP contribution in [0.25, 0.3) is 33.1 Å². The highest BCUT2D eigenvalue weighted by Crippen LogP contribution is 2.25. The standard InChI is InChI=1S/C23H21N5O/c24-19(8-18-12-27-22-4-2-1-3-21(18)22)14-29-20-9-17(10-25-13-20)16-7-15-5-6-26-23(15)28-11-16/h1-7,9-13,19,27H,8,14,24H2,(H,26,28). The molecule has 0 fully saturated rings. The summed E-state index contributed by atoms with van der Waals surface area (Å²) in [5.74, 6) is 0.700. The lowest BCUT2D eigenvalue weighted by Gasteiger charge is -2.13. The lowest BCUT2D eigenvalue weighted by Crippen LogP contribution is -2.30. The van der Waals surface area contributed by atoms with Gasteiger partial charge < -0.3 is 20.4 Å². The first-order valence-corrected chi connectivity index (χ1v) is 9.58. The largest absolute Gasteiger partial charge is 0.490 e. The van der Waals surface area contributed by atoms with E-state index in [-0.39, 0.29) is 6.04 Å². The molecule has 5 aromatic rings. The van der Waals surface area contributed by atoms with Gasteiger partial charge in [-0.3, -0.25) is 4.98 Å². The highest BCUT2D eigenvalue weighted by atomic mass is 16.5. The second kappa shape index (κ2) is 7.41. The summed E-state index contributed by atoms with van der Waals surface area (Å²) in [4.78, 5) is 15.2. The fourth-order valence-corrected chi connectivity index (χ4v) is 3.60. The molecule has 4 N–H and O–H groups in total. The third-order valence-corrected chi connectivity index (χ3v) is 5.07. The number of aromatic nitrogens is 4. The highest BCUT2D eigenvalue weighted by molar-refractivity contribution is 5.83. The normalized spacial score (nSPS) is 12.4. The van der Waals surface area contributed by atoms with Crippen LogP contribution in [-0.4, -0.2) is 32.6 Å². The number of aromatic amines is 2. The fraction of sp³-hybridized carbons (Fsp3) is 0.130. The summed E-state index contributed by atoms with van der Waals surface area (Å²) in [7, 11) is 0. The van der Waals surface area contributed by atoms with Gasteiger partial charge in [-0.1, -0.05) is 18.2 Å². The zero-order valence-corrected chi connectivity index (χ0v) is 15.8. The first-order valence-electron chi connectivity index (χ1n) is 9.58. The highest BCUT2D eigenvalue weighted by Gasteiger charge is 2.10. The maximum atomic E-state index is 6.33. The van der Waals surface area contributed by atoms with Gasteiger partial charge in [0.25, 0.3) is 0 Å². The van der Waals surface area contributed by atoms with Crippen molar-refractivity contribution in [3.05, 3.63) is 79.0 Å². The Hall–Kier alpha value is -3.64. The van der Waals surface area contributed by atoms with Gasteiger partial charge in [-0.25, -0.2) is 4.98 Å². The SMILES string of the molecule is NC(COc1cncc(-c2cnc3[nH]ccc3c2)c1)Cc1c[nH]c2ccccc12. The Kier molecular flexibility index (Phi) is 4.46. The molecular weight excluding hydrogens is 362 g/mol. The number of nitrogens with one attached hydrogen (secondary N) is 2. The molecule has 144 valence electrons. The molecule has 6 heteroatoms. The van der Waals surface area contributed by atoms with Gasteiger partial charge in [0.05, 0.1) is 6.20 Å². The van der Waals surface area contributed by atoms with Gasteiger partial charge in [0, 0.05) is 58.2 Å². The predicted octanol–water partition coefficient (Wildman–Crippen LogP) is 4.06.